The van der Waals surface area contributed by atoms with Gasteiger partial charge in [-0.05, 0) is 67.0 Å². The maximum absolute atomic E-state index is 12.9. The third-order valence-electron chi connectivity index (χ3n) is 7.73. The predicted octanol–water partition coefficient (Wildman–Crippen LogP) is 3.01. The molecule has 1 fully saturated rings. The molecule has 168 valence electrons. The minimum Gasteiger partial charge on any atom is -0.349 e. The maximum Gasteiger partial charge on any atom is 0.269 e. The average Bonchev–Trinajstić information content (AvgIpc) is 3.36. The molecular weight excluding hydrogens is 412 g/mol. The number of benzene rings is 1. The number of piperidine rings is 1. The van der Waals surface area contributed by atoms with Gasteiger partial charge in [-0.15, -0.1) is 0 Å². The molecule has 1 saturated heterocycles. The lowest BCUT2D eigenvalue weighted by Crippen LogP contribution is -2.47. The topological polar surface area (TPSA) is 74.3 Å². The van der Waals surface area contributed by atoms with Crippen molar-refractivity contribution in [3.63, 3.8) is 0 Å². The fourth-order valence-corrected chi connectivity index (χ4v) is 6.06. The van der Waals surface area contributed by atoms with Crippen molar-refractivity contribution in [2.24, 2.45) is 5.92 Å². The number of amides is 2. The summed E-state index contributed by atoms with van der Waals surface area (Å²) in [6.45, 7) is 2.49. The Morgan fingerprint density at radius 2 is 2.03 bits per heavy atom. The number of hydrogen-bond donors (Lipinski definition) is 2. The summed E-state index contributed by atoms with van der Waals surface area (Å²) >= 11 is 0. The molecule has 3 heterocycles. The zero-order chi connectivity index (χ0) is 22.4. The predicted molar refractivity (Wildman–Crippen MR) is 127 cm³/mol. The van der Waals surface area contributed by atoms with Gasteiger partial charge in [-0.1, -0.05) is 42.5 Å². The second-order valence-electron chi connectivity index (χ2n) is 9.63. The van der Waals surface area contributed by atoms with Gasteiger partial charge in [-0.2, -0.15) is 0 Å². The molecule has 0 bridgehead atoms. The largest absolute Gasteiger partial charge is 0.349 e. The summed E-state index contributed by atoms with van der Waals surface area (Å²) in [4.78, 5) is 32.7. The highest BCUT2D eigenvalue weighted by Gasteiger charge is 2.50. The van der Waals surface area contributed by atoms with Crippen molar-refractivity contribution in [2.75, 3.05) is 25.0 Å². The van der Waals surface area contributed by atoms with E-state index in [0.717, 1.165) is 35.5 Å². The van der Waals surface area contributed by atoms with E-state index in [2.05, 4.69) is 44.8 Å². The van der Waals surface area contributed by atoms with Gasteiger partial charge in [0.25, 0.3) is 5.91 Å². The van der Waals surface area contributed by atoms with E-state index in [-0.39, 0.29) is 11.8 Å². The van der Waals surface area contributed by atoms with E-state index in [9.17, 15) is 9.59 Å². The normalized spacial score (nSPS) is 27.2. The number of carbonyl (C=O) groups is 2. The summed E-state index contributed by atoms with van der Waals surface area (Å²) in [5, 5.41) is 6.08. The standard InChI is InChI=1S/C27H28N4O2/c32-25(28-11-13-31-12-5-7-18-6-1-4-10-24(18)31)23-14-19-15-27(16-20(19)17-29-23)21-8-2-3-9-22(21)30-26(27)33/h1-4,6,8-10,14,17-18,24H,5,7,11-13,15-16H2,(H,28,32)(H,30,33). The van der Waals surface area contributed by atoms with Crippen molar-refractivity contribution in [3.05, 3.63) is 83.2 Å². The number of anilines is 1. The molecule has 2 amide bonds. The summed E-state index contributed by atoms with van der Waals surface area (Å²) in [5.74, 6) is 0.475. The van der Waals surface area contributed by atoms with Crippen LogP contribution in [-0.4, -0.2) is 47.4 Å². The van der Waals surface area contributed by atoms with Gasteiger partial charge in [0.2, 0.25) is 5.91 Å². The Morgan fingerprint density at radius 3 is 2.97 bits per heavy atom. The molecule has 3 unspecified atom stereocenters. The molecule has 1 aromatic heterocycles. The number of nitrogens with one attached hydrogen (secondary N) is 2. The zero-order valence-electron chi connectivity index (χ0n) is 18.6. The van der Waals surface area contributed by atoms with Crippen molar-refractivity contribution >= 4 is 17.5 Å². The van der Waals surface area contributed by atoms with E-state index in [0.29, 0.717) is 37.0 Å². The molecule has 2 aromatic rings. The number of likely N-dealkylation sites (tertiary alicyclic amines) is 1. The molecule has 0 saturated carbocycles. The third-order valence-corrected chi connectivity index (χ3v) is 7.73. The lowest BCUT2D eigenvalue weighted by molar-refractivity contribution is -0.120. The number of aromatic nitrogens is 1. The van der Waals surface area contributed by atoms with Crippen molar-refractivity contribution in [2.45, 2.75) is 37.1 Å². The Morgan fingerprint density at radius 1 is 1.18 bits per heavy atom. The van der Waals surface area contributed by atoms with Gasteiger partial charge in [-0.3, -0.25) is 19.5 Å². The van der Waals surface area contributed by atoms with Gasteiger partial charge >= 0.3 is 0 Å². The molecule has 3 atom stereocenters. The molecule has 0 radical (unpaired) electrons. The first-order valence-corrected chi connectivity index (χ1v) is 11.9. The monoisotopic (exact) mass is 440 g/mol. The Balaban J connectivity index is 1.12. The van der Waals surface area contributed by atoms with Crippen molar-refractivity contribution in [1.29, 1.82) is 0 Å². The van der Waals surface area contributed by atoms with Crippen LogP contribution in [0.5, 0.6) is 0 Å². The van der Waals surface area contributed by atoms with E-state index in [1.807, 2.05) is 30.3 Å². The molecule has 2 N–H and O–H groups in total. The highest BCUT2D eigenvalue weighted by Crippen LogP contribution is 2.47. The van der Waals surface area contributed by atoms with Crippen LogP contribution >= 0.6 is 0 Å². The smallest absolute Gasteiger partial charge is 0.269 e. The van der Waals surface area contributed by atoms with Gasteiger partial charge in [0.1, 0.15) is 5.69 Å². The Hall–Kier alpha value is -3.25. The molecule has 1 aromatic carbocycles. The number of rotatable bonds is 4. The molecule has 1 spiro atoms. The van der Waals surface area contributed by atoms with Crippen LogP contribution < -0.4 is 10.6 Å². The van der Waals surface area contributed by atoms with Crippen LogP contribution in [0, 0.1) is 5.92 Å². The number of allylic oxidation sites excluding steroid dienone is 2. The van der Waals surface area contributed by atoms with E-state index >= 15 is 0 Å². The Bertz CT molecular complexity index is 1190. The van der Waals surface area contributed by atoms with Crippen LogP contribution in [0.3, 0.4) is 0 Å². The van der Waals surface area contributed by atoms with E-state index < -0.39 is 5.41 Å². The molecule has 2 aliphatic heterocycles. The highest BCUT2D eigenvalue weighted by molar-refractivity contribution is 6.07. The number of pyridine rings is 1. The molecular formula is C27H28N4O2. The Kier molecular flexibility index (Phi) is 4.91. The van der Waals surface area contributed by atoms with Gasteiger partial charge in [0.05, 0.1) is 5.41 Å². The molecule has 4 aliphatic rings. The van der Waals surface area contributed by atoms with Crippen molar-refractivity contribution < 1.29 is 9.59 Å². The van der Waals surface area contributed by atoms with Crippen LogP contribution in [0.15, 0.2) is 60.8 Å². The van der Waals surface area contributed by atoms with E-state index in [1.165, 1.54) is 12.8 Å². The minimum atomic E-state index is -0.581. The molecule has 6 heteroatoms. The number of fused-ring (bicyclic) bond motifs is 4. The van der Waals surface area contributed by atoms with Gasteiger partial charge in [-0.25, -0.2) is 0 Å². The van der Waals surface area contributed by atoms with Crippen molar-refractivity contribution in [3.8, 4) is 0 Å². The fraction of sp³-hybridized carbons (Fsp3) is 0.370. The number of carbonyl (C=O) groups excluding carboxylic acids is 2. The number of nitrogens with zero attached hydrogens (tertiary/aromatic N) is 2. The van der Waals surface area contributed by atoms with Crippen LogP contribution in [0.4, 0.5) is 5.69 Å². The fourth-order valence-electron chi connectivity index (χ4n) is 6.06. The lowest BCUT2D eigenvalue weighted by atomic mass is 9.79. The van der Waals surface area contributed by atoms with Gasteiger partial charge in [0, 0.05) is 31.0 Å². The van der Waals surface area contributed by atoms with Crippen LogP contribution in [-0.2, 0) is 23.1 Å². The van der Waals surface area contributed by atoms with Crippen molar-refractivity contribution in [1.82, 2.24) is 15.2 Å². The summed E-state index contributed by atoms with van der Waals surface area (Å²) in [7, 11) is 0. The molecule has 33 heavy (non-hydrogen) atoms. The number of para-hydroxylation sites is 1. The lowest BCUT2D eigenvalue weighted by Gasteiger charge is -2.39. The summed E-state index contributed by atoms with van der Waals surface area (Å²) < 4.78 is 0. The first kappa shape index (κ1) is 20.4. The van der Waals surface area contributed by atoms with Gasteiger partial charge in [0.15, 0.2) is 0 Å². The van der Waals surface area contributed by atoms with E-state index in [1.54, 1.807) is 6.20 Å². The maximum atomic E-state index is 12.9. The quantitative estimate of drug-likeness (QED) is 0.767. The van der Waals surface area contributed by atoms with Crippen LogP contribution in [0.25, 0.3) is 0 Å². The second kappa shape index (κ2) is 7.96. The molecule has 6 nitrogen and oxygen atoms in total. The summed E-state index contributed by atoms with van der Waals surface area (Å²) in [5.41, 5.74) is 3.88. The zero-order valence-corrected chi connectivity index (χ0v) is 18.6. The number of hydrogen-bond acceptors (Lipinski definition) is 4. The second-order valence-corrected chi connectivity index (χ2v) is 9.63. The first-order valence-electron chi connectivity index (χ1n) is 11.9. The van der Waals surface area contributed by atoms with Crippen LogP contribution in [0.1, 0.15) is 40.0 Å². The average molecular weight is 441 g/mol. The summed E-state index contributed by atoms with van der Waals surface area (Å²) in [6.07, 6.45) is 14.3. The highest BCUT2D eigenvalue weighted by atomic mass is 16.2. The molecule has 2 aliphatic carbocycles. The first-order chi connectivity index (χ1) is 16.1. The van der Waals surface area contributed by atoms with Gasteiger partial charge < -0.3 is 10.6 Å². The SMILES string of the molecule is O=C(NCCN1CCCC2C=CC=CC21)c1cc2c(cn1)CC1(C2)C(=O)Nc2ccccc21. The molecule has 6 rings (SSSR count). The van der Waals surface area contributed by atoms with Crippen LogP contribution in [0.2, 0.25) is 0 Å². The third kappa shape index (κ3) is 3.40. The van der Waals surface area contributed by atoms with E-state index in [4.69, 9.17) is 0 Å². The Labute approximate surface area is 193 Å². The summed E-state index contributed by atoms with van der Waals surface area (Å²) in [6, 6.07) is 10.2. The minimum absolute atomic E-state index is 0.0392.